The van der Waals surface area contributed by atoms with Crippen LogP contribution in [0.25, 0.3) is 0 Å². The first-order valence-electron chi connectivity index (χ1n) is 8.62. The number of morpholine rings is 1. The Morgan fingerprint density at radius 1 is 1.12 bits per heavy atom. The molecule has 0 aliphatic carbocycles. The smallest absolute Gasteiger partial charge is 0.340 e. The van der Waals surface area contributed by atoms with Gasteiger partial charge in [-0.1, -0.05) is 0 Å². The summed E-state index contributed by atoms with van der Waals surface area (Å²) in [5, 5.41) is 2.89. The van der Waals surface area contributed by atoms with Crippen molar-refractivity contribution >= 4 is 23.3 Å². The Bertz CT molecular complexity index is 622. The summed E-state index contributed by atoms with van der Waals surface area (Å²) in [7, 11) is 1.34. The van der Waals surface area contributed by atoms with E-state index in [9.17, 15) is 9.59 Å². The van der Waals surface area contributed by atoms with E-state index in [-0.39, 0.29) is 11.8 Å². The Labute approximate surface area is 147 Å². The zero-order valence-corrected chi connectivity index (χ0v) is 14.5. The highest BCUT2D eigenvalue weighted by molar-refractivity contribution is 6.02. The molecule has 0 spiro atoms. The van der Waals surface area contributed by atoms with Crippen molar-refractivity contribution in [3.8, 4) is 0 Å². The average molecular weight is 348 g/mol. The number of carbonyl (C=O) groups excluding carboxylic acids is 2. The lowest BCUT2D eigenvalue weighted by atomic mass is 9.99. The van der Waals surface area contributed by atoms with Crippen molar-refractivity contribution in [1.82, 2.24) is 0 Å². The maximum atomic E-state index is 12.5. The highest BCUT2D eigenvalue weighted by atomic mass is 16.5. The average Bonchev–Trinajstić information content (AvgIpc) is 2.69. The van der Waals surface area contributed by atoms with E-state index in [1.165, 1.54) is 7.11 Å². The maximum Gasteiger partial charge on any atom is 0.340 e. The summed E-state index contributed by atoms with van der Waals surface area (Å²) in [5.74, 6) is -0.622. The van der Waals surface area contributed by atoms with Crippen molar-refractivity contribution in [2.24, 2.45) is 5.92 Å². The lowest BCUT2D eigenvalue weighted by Gasteiger charge is -2.29. The standard InChI is InChI=1S/C18H24N2O5/c1-23-18(22)15-12-14(20-6-10-25-11-7-20)2-3-16(15)19-17(21)13-4-8-24-9-5-13/h2-3,12-13H,4-11H2,1H3,(H,19,21). The zero-order valence-electron chi connectivity index (χ0n) is 14.5. The van der Waals surface area contributed by atoms with Crippen LogP contribution >= 0.6 is 0 Å². The zero-order chi connectivity index (χ0) is 17.6. The van der Waals surface area contributed by atoms with Crippen LogP contribution in [-0.4, -0.2) is 58.5 Å². The lowest BCUT2D eigenvalue weighted by molar-refractivity contribution is -0.122. The molecule has 7 nitrogen and oxygen atoms in total. The number of nitrogens with one attached hydrogen (secondary N) is 1. The van der Waals surface area contributed by atoms with Gasteiger partial charge in [0.2, 0.25) is 5.91 Å². The number of amides is 1. The second kappa shape index (κ2) is 8.31. The third-order valence-corrected chi connectivity index (χ3v) is 4.63. The molecule has 0 bridgehead atoms. The third-order valence-electron chi connectivity index (χ3n) is 4.63. The Balaban J connectivity index is 1.79. The first-order chi connectivity index (χ1) is 12.2. The molecule has 3 rings (SSSR count). The second-order valence-corrected chi connectivity index (χ2v) is 6.20. The molecule has 2 saturated heterocycles. The number of carbonyl (C=O) groups is 2. The Kier molecular flexibility index (Phi) is 5.88. The van der Waals surface area contributed by atoms with E-state index in [1.54, 1.807) is 12.1 Å². The van der Waals surface area contributed by atoms with Crippen molar-refractivity contribution in [2.45, 2.75) is 12.8 Å². The van der Waals surface area contributed by atoms with Gasteiger partial charge in [-0.15, -0.1) is 0 Å². The molecular weight excluding hydrogens is 324 g/mol. The minimum Gasteiger partial charge on any atom is -0.465 e. The van der Waals surface area contributed by atoms with Gasteiger partial charge in [-0.05, 0) is 31.0 Å². The minimum absolute atomic E-state index is 0.0763. The summed E-state index contributed by atoms with van der Waals surface area (Å²) in [6.07, 6.45) is 1.40. The summed E-state index contributed by atoms with van der Waals surface area (Å²) in [5.41, 5.74) is 1.78. The molecule has 25 heavy (non-hydrogen) atoms. The van der Waals surface area contributed by atoms with Crippen LogP contribution in [0.15, 0.2) is 18.2 Å². The van der Waals surface area contributed by atoms with E-state index >= 15 is 0 Å². The number of methoxy groups -OCH3 is 1. The van der Waals surface area contributed by atoms with Gasteiger partial charge in [-0.3, -0.25) is 4.79 Å². The van der Waals surface area contributed by atoms with E-state index < -0.39 is 5.97 Å². The highest BCUT2D eigenvalue weighted by Gasteiger charge is 2.24. The van der Waals surface area contributed by atoms with Gasteiger partial charge in [-0.25, -0.2) is 4.79 Å². The van der Waals surface area contributed by atoms with Gasteiger partial charge in [0.1, 0.15) is 0 Å². The first-order valence-corrected chi connectivity index (χ1v) is 8.62. The third kappa shape index (κ3) is 4.29. The summed E-state index contributed by atoms with van der Waals surface area (Å²) >= 11 is 0. The van der Waals surface area contributed by atoms with Crippen molar-refractivity contribution in [3.63, 3.8) is 0 Å². The van der Waals surface area contributed by atoms with E-state index in [0.717, 1.165) is 18.8 Å². The van der Waals surface area contributed by atoms with Crippen molar-refractivity contribution in [2.75, 3.05) is 56.8 Å². The monoisotopic (exact) mass is 348 g/mol. The van der Waals surface area contributed by atoms with Crippen LogP contribution in [0.3, 0.4) is 0 Å². The summed E-state index contributed by atoms with van der Waals surface area (Å²) in [4.78, 5) is 26.8. The molecule has 0 atom stereocenters. The molecule has 2 fully saturated rings. The number of hydrogen-bond donors (Lipinski definition) is 1. The van der Waals surface area contributed by atoms with Gasteiger partial charge in [0.05, 0.1) is 31.6 Å². The number of benzene rings is 1. The van der Waals surface area contributed by atoms with Gasteiger partial charge in [0, 0.05) is 37.9 Å². The first kappa shape index (κ1) is 17.7. The predicted molar refractivity (Wildman–Crippen MR) is 93.0 cm³/mol. The van der Waals surface area contributed by atoms with Gasteiger partial charge >= 0.3 is 5.97 Å². The van der Waals surface area contributed by atoms with Crippen LogP contribution < -0.4 is 10.2 Å². The second-order valence-electron chi connectivity index (χ2n) is 6.20. The maximum absolute atomic E-state index is 12.5. The van der Waals surface area contributed by atoms with Gasteiger partial charge in [0.25, 0.3) is 0 Å². The predicted octanol–water partition coefficient (Wildman–Crippen LogP) is 1.67. The van der Waals surface area contributed by atoms with Crippen LogP contribution in [0, 0.1) is 5.92 Å². The topological polar surface area (TPSA) is 77.1 Å². The minimum atomic E-state index is -0.461. The van der Waals surface area contributed by atoms with E-state index in [1.807, 2.05) is 6.07 Å². The SMILES string of the molecule is COC(=O)c1cc(N2CCOCC2)ccc1NC(=O)C1CCOCC1. The molecule has 0 radical (unpaired) electrons. The normalized spacial score (nSPS) is 18.7. The van der Waals surface area contributed by atoms with E-state index in [4.69, 9.17) is 14.2 Å². The molecule has 2 aliphatic heterocycles. The molecule has 0 saturated carbocycles. The Morgan fingerprint density at radius 2 is 1.80 bits per heavy atom. The molecular formula is C18H24N2O5. The molecule has 7 heteroatoms. The highest BCUT2D eigenvalue weighted by Crippen LogP contribution is 2.26. The molecule has 1 amide bonds. The van der Waals surface area contributed by atoms with Crippen LogP contribution in [0.1, 0.15) is 23.2 Å². The molecule has 0 unspecified atom stereocenters. The molecule has 1 aromatic carbocycles. The molecule has 0 aromatic heterocycles. The molecule has 1 N–H and O–H groups in total. The van der Waals surface area contributed by atoms with Gasteiger partial charge in [0.15, 0.2) is 0 Å². The van der Waals surface area contributed by atoms with Crippen molar-refractivity contribution in [3.05, 3.63) is 23.8 Å². The number of esters is 1. The Morgan fingerprint density at radius 3 is 2.48 bits per heavy atom. The lowest BCUT2D eigenvalue weighted by Crippen LogP contribution is -2.36. The Hall–Kier alpha value is -2.12. The number of rotatable bonds is 4. The van der Waals surface area contributed by atoms with Crippen LogP contribution in [0.4, 0.5) is 11.4 Å². The fourth-order valence-corrected chi connectivity index (χ4v) is 3.13. The number of hydrogen-bond acceptors (Lipinski definition) is 6. The number of anilines is 2. The largest absolute Gasteiger partial charge is 0.465 e. The summed E-state index contributed by atoms with van der Waals surface area (Å²) in [6.45, 7) is 4.06. The molecule has 2 aliphatic rings. The number of nitrogens with zero attached hydrogens (tertiary/aromatic N) is 1. The van der Waals surface area contributed by atoms with Crippen LogP contribution in [0.2, 0.25) is 0 Å². The molecule has 1 aromatic rings. The van der Waals surface area contributed by atoms with Crippen LogP contribution in [0.5, 0.6) is 0 Å². The van der Waals surface area contributed by atoms with Gasteiger partial charge < -0.3 is 24.4 Å². The number of ether oxygens (including phenoxy) is 3. The van der Waals surface area contributed by atoms with Crippen molar-refractivity contribution in [1.29, 1.82) is 0 Å². The van der Waals surface area contributed by atoms with E-state index in [2.05, 4.69) is 10.2 Å². The van der Waals surface area contributed by atoms with Crippen molar-refractivity contribution < 1.29 is 23.8 Å². The van der Waals surface area contributed by atoms with Gasteiger partial charge in [-0.2, -0.15) is 0 Å². The summed E-state index contributed by atoms with van der Waals surface area (Å²) in [6, 6.07) is 5.46. The molecule has 2 heterocycles. The fourth-order valence-electron chi connectivity index (χ4n) is 3.13. The van der Waals surface area contributed by atoms with E-state index in [0.29, 0.717) is 50.5 Å². The van der Waals surface area contributed by atoms with Crippen LogP contribution in [-0.2, 0) is 19.0 Å². The summed E-state index contributed by atoms with van der Waals surface area (Å²) < 4.78 is 15.5. The molecule has 136 valence electrons. The fraction of sp³-hybridized carbons (Fsp3) is 0.556. The quantitative estimate of drug-likeness (QED) is 0.834.